The largest absolute Gasteiger partial charge is 0.332 e. The number of hydrogen-bond donors (Lipinski definition) is 1. The van der Waals surface area contributed by atoms with Crippen molar-refractivity contribution in [3.63, 3.8) is 0 Å². The first-order valence-electron chi connectivity index (χ1n) is 5.29. The molecule has 0 aliphatic carbocycles. The lowest BCUT2D eigenvalue weighted by molar-refractivity contribution is -0.385. The zero-order valence-electron chi connectivity index (χ0n) is 10.0. The van der Waals surface area contributed by atoms with Crippen molar-refractivity contribution in [1.29, 1.82) is 0 Å². The lowest BCUT2D eigenvalue weighted by Gasteiger charge is -2.09. The Morgan fingerprint density at radius 1 is 1.35 bits per heavy atom. The van der Waals surface area contributed by atoms with E-state index in [9.17, 15) is 14.5 Å². The van der Waals surface area contributed by atoms with E-state index in [-0.39, 0.29) is 33.2 Å². The summed E-state index contributed by atoms with van der Waals surface area (Å²) in [5.74, 6) is -0.940. The van der Waals surface area contributed by atoms with Crippen LogP contribution in [0.4, 0.5) is 21.6 Å². The molecule has 0 spiro atoms. The Morgan fingerprint density at radius 2 is 2.05 bits per heavy atom. The summed E-state index contributed by atoms with van der Waals surface area (Å²) in [6.45, 7) is 1.41. The number of hydrogen-bond acceptors (Lipinski definition) is 5. The van der Waals surface area contributed by atoms with Crippen molar-refractivity contribution >= 4 is 40.4 Å². The van der Waals surface area contributed by atoms with Gasteiger partial charge in [-0.2, -0.15) is 4.98 Å². The van der Waals surface area contributed by atoms with Gasteiger partial charge in [-0.1, -0.05) is 17.7 Å². The van der Waals surface area contributed by atoms with Gasteiger partial charge in [-0.25, -0.2) is 9.37 Å². The summed E-state index contributed by atoms with van der Waals surface area (Å²) in [7, 11) is 0. The maximum atomic E-state index is 13.8. The molecule has 0 aliphatic heterocycles. The van der Waals surface area contributed by atoms with Gasteiger partial charge in [0.25, 0.3) is 0 Å². The predicted octanol–water partition coefficient (Wildman–Crippen LogP) is 3.88. The monoisotopic (exact) mass is 316 g/mol. The smallest absolute Gasteiger partial charge is 0.332 e. The summed E-state index contributed by atoms with van der Waals surface area (Å²) in [6.07, 6.45) is 0. The number of halogens is 3. The topological polar surface area (TPSA) is 81.0 Å². The van der Waals surface area contributed by atoms with E-state index in [1.165, 1.54) is 25.1 Å². The third-order valence-corrected chi connectivity index (χ3v) is 2.88. The van der Waals surface area contributed by atoms with Crippen molar-refractivity contribution < 1.29 is 9.31 Å². The minimum atomic E-state index is -0.740. The number of aryl methyl sites for hydroxylation is 1. The highest BCUT2D eigenvalue weighted by molar-refractivity contribution is 6.31. The van der Waals surface area contributed by atoms with Crippen LogP contribution in [0.25, 0.3) is 0 Å². The summed E-state index contributed by atoms with van der Waals surface area (Å²) >= 11 is 11.3. The second-order valence-electron chi connectivity index (χ2n) is 3.76. The first-order chi connectivity index (χ1) is 9.40. The Hall–Kier alpha value is -1.99. The summed E-state index contributed by atoms with van der Waals surface area (Å²) in [6, 6.07) is 4.22. The van der Waals surface area contributed by atoms with Crippen LogP contribution in [0, 0.1) is 22.9 Å². The van der Waals surface area contributed by atoms with Crippen molar-refractivity contribution in [3.05, 3.63) is 50.1 Å². The molecule has 0 aliphatic rings. The molecular formula is C11H7Cl2FN4O2. The van der Waals surface area contributed by atoms with Gasteiger partial charge in [-0.15, -0.1) is 0 Å². The van der Waals surface area contributed by atoms with E-state index in [1.807, 2.05) is 0 Å². The Balaban J connectivity index is 2.53. The molecule has 9 heteroatoms. The van der Waals surface area contributed by atoms with Gasteiger partial charge in [-0.3, -0.25) is 10.1 Å². The fourth-order valence-corrected chi connectivity index (χ4v) is 1.95. The third kappa shape index (κ3) is 2.78. The Labute approximate surface area is 122 Å². The molecule has 0 amide bonds. The molecule has 0 saturated carbocycles. The molecule has 1 aromatic heterocycles. The van der Waals surface area contributed by atoms with Crippen molar-refractivity contribution in [2.75, 3.05) is 5.32 Å². The van der Waals surface area contributed by atoms with Gasteiger partial charge in [0.05, 0.1) is 15.6 Å². The summed E-state index contributed by atoms with van der Waals surface area (Å²) in [4.78, 5) is 17.8. The van der Waals surface area contributed by atoms with Gasteiger partial charge in [0, 0.05) is 0 Å². The fraction of sp³-hybridized carbons (Fsp3) is 0.0909. The first-order valence-corrected chi connectivity index (χ1v) is 6.05. The minimum absolute atomic E-state index is 0.0465. The second kappa shape index (κ2) is 5.56. The van der Waals surface area contributed by atoms with Crippen molar-refractivity contribution in [2.24, 2.45) is 0 Å². The van der Waals surface area contributed by atoms with E-state index in [0.29, 0.717) is 0 Å². The quantitative estimate of drug-likeness (QED) is 0.528. The normalized spacial score (nSPS) is 10.4. The van der Waals surface area contributed by atoms with E-state index < -0.39 is 10.7 Å². The standard InChI is InChI=1S/C11H7Cl2FN4O2/c1-5-9(18(19)20)10(17-11(13)15-5)16-7-4-2-3-6(12)8(7)14/h2-4H,1H3,(H,15,16,17). The average molecular weight is 317 g/mol. The van der Waals surface area contributed by atoms with Crippen LogP contribution < -0.4 is 5.32 Å². The van der Waals surface area contributed by atoms with Gasteiger partial charge in [-0.05, 0) is 30.7 Å². The number of anilines is 2. The van der Waals surface area contributed by atoms with Crippen LogP contribution in [-0.2, 0) is 0 Å². The van der Waals surface area contributed by atoms with E-state index in [0.717, 1.165) is 0 Å². The van der Waals surface area contributed by atoms with Crippen molar-refractivity contribution in [2.45, 2.75) is 6.92 Å². The van der Waals surface area contributed by atoms with Crippen LogP contribution >= 0.6 is 23.2 Å². The molecule has 6 nitrogen and oxygen atoms in total. The van der Waals surface area contributed by atoms with E-state index in [1.54, 1.807) is 0 Å². The van der Waals surface area contributed by atoms with Crippen LogP contribution in [0.3, 0.4) is 0 Å². The SMILES string of the molecule is Cc1nc(Cl)nc(Nc2cccc(Cl)c2F)c1[N+](=O)[O-]. The van der Waals surface area contributed by atoms with E-state index >= 15 is 0 Å². The first kappa shape index (κ1) is 14.4. The van der Waals surface area contributed by atoms with Crippen molar-refractivity contribution in [1.82, 2.24) is 9.97 Å². The Morgan fingerprint density at radius 3 is 2.70 bits per heavy atom. The summed E-state index contributed by atoms with van der Waals surface area (Å²) in [5, 5.41) is 13.2. The lowest BCUT2D eigenvalue weighted by Crippen LogP contribution is -2.05. The molecule has 1 N–H and O–H groups in total. The second-order valence-corrected chi connectivity index (χ2v) is 4.50. The molecule has 0 atom stereocenters. The number of nitrogens with zero attached hydrogens (tertiary/aromatic N) is 3. The molecule has 1 aromatic carbocycles. The van der Waals surface area contributed by atoms with Gasteiger partial charge in [0.15, 0.2) is 5.82 Å². The predicted molar refractivity (Wildman–Crippen MR) is 73.1 cm³/mol. The minimum Gasteiger partial charge on any atom is -0.332 e. The zero-order valence-corrected chi connectivity index (χ0v) is 11.5. The number of nitro groups is 1. The van der Waals surface area contributed by atoms with Gasteiger partial charge < -0.3 is 5.32 Å². The molecule has 2 rings (SSSR count). The highest BCUT2D eigenvalue weighted by atomic mass is 35.5. The molecule has 2 aromatic rings. The van der Waals surface area contributed by atoms with Gasteiger partial charge in [0.2, 0.25) is 11.1 Å². The van der Waals surface area contributed by atoms with Crippen LogP contribution in [-0.4, -0.2) is 14.9 Å². The van der Waals surface area contributed by atoms with E-state index in [4.69, 9.17) is 23.2 Å². The molecule has 0 saturated heterocycles. The summed E-state index contributed by atoms with van der Waals surface area (Å²) < 4.78 is 13.8. The Kier molecular flexibility index (Phi) is 4.01. The maximum Gasteiger partial charge on any atom is 0.332 e. The molecule has 0 unspecified atom stereocenters. The maximum absolute atomic E-state index is 13.8. The van der Waals surface area contributed by atoms with Crippen LogP contribution in [0.1, 0.15) is 5.69 Å². The van der Waals surface area contributed by atoms with E-state index in [2.05, 4.69) is 15.3 Å². The van der Waals surface area contributed by atoms with Crippen LogP contribution in [0.15, 0.2) is 18.2 Å². The molecular weight excluding hydrogens is 310 g/mol. The number of benzene rings is 1. The van der Waals surface area contributed by atoms with Crippen LogP contribution in [0.2, 0.25) is 10.3 Å². The fourth-order valence-electron chi connectivity index (χ4n) is 1.57. The Bertz CT molecular complexity index is 696. The molecule has 0 bridgehead atoms. The average Bonchev–Trinajstić information content (AvgIpc) is 2.33. The number of aromatic nitrogens is 2. The molecule has 0 fully saturated rings. The number of rotatable bonds is 3. The van der Waals surface area contributed by atoms with Gasteiger partial charge >= 0.3 is 5.69 Å². The lowest BCUT2D eigenvalue weighted by atomic mass is 10.3. The molecule has 104 valence electrons. The highest BCUT2D eigenvalue weighted by Crippen LogP contribution is 2.31. The molecule has 0 radical (unpaired) electrons. The number of nitrogens with one attached hydrogen (secondary N) is 1. The zero-order chi connectivity index (χ0) is 14.9. The highest BCUT2D eigenvalue weighted by Gasteiger charge is 2.22. The van der Waals surface area contributed by atoms with Gasteiger partial charge in [0.1, 0.15) is 5.69 Å². The molecule has 1 heterocycles. The van der Waals surface area contributed by atoms with Crippen LogP contribution in [0.5, 0.6) is 0 Å². The summed E-state index contributed by atoms with van der Waals surface area (Å²) in [5.41, 5.74) is -0.358. The van der Waals surface area contributed by atoms with Crippen molar-refractivity contribution in [3.8, 4) is 0 Å². The third-order valence-electron chi connectivity index (χ3n) is 2.42. The molecule has 20 heavy (non-hydrogen) atoms.